The lowest BCUT2D eigenvalue weighted by Gasteiger charge is -2.22. The van der Waals surface area contributed by atoms with Crippen molar-refractivity contribution in [3.8, 4) is 0 Å². The lowest BCUT2D eigenvalue weighted by molar-refractivity contribution is 0.0635. The molecule has 0 saturated heterocycles. The average molecular weight is 338 g/mol. The number of nitrogens with one attached hydrogen (secondary N) is 1. The van der Waals surface area contributed by atoms with Gasteiger partial charge in [-0.25, -0.2) is 4.79 Å². The van der Waals surface area contributed by atoms with Crippen molar-refractivity contribution in [1.29, 1.82) is 0 Å². The van der Waals surface area contributed by atoms with Crippen LogP contribution in [0, 0.1) is 0 Å². The Morgan fingerprint density at radius 1 is 1.28 bits per heavy atom. The fourth-order valence-corrected chi connectivity index (χ4v) is 2.70. The van der Waals surface area contributed by atoms with Gasteiger partial charge >= 0.3 is 6.09 Å². The molecule has 4 heteroatoms. The fraction of sp³-hybridized carbons (Fsp3) is 0.333. The van der Waals surface area contributed by atoms with Crippen LogP contribution in [0.4, 0.5) is 10.5 Å². The minimum absolute atomic E-state index is 0.202. The number of rotatable bonds is 6. The van der Waals surface area contributed by atoms with Crippen molar-refractivity contribution in [3.63, 3.8) is 0 Å². The van der Waals surface area contributed by atoms with Crippen molar-refractivity contribution < 1.29 is 9.53 Å². The molecule has 2 aromatic rings. The average Bonchev–Trinajstić information content (AvgIpc) is 2.54. The quantitative estimate of drug-likeness (QED) is 0.724. The number of ether oxygens (including phenoxy) is 1. The standard InChI is InChI=1S/C21H26N2O2/c1-5-9-17(14-16-10-7-6-8-11-16)18-12-13-22-15-19(18)23-20(24)25-21(2,3)4/h5-8,10-13,15,17H,1,9,14H2,2-4H3,(H,23,24). The SMILES string of the molecule is C=CCC(Cc1ccccc1)c1ccncc1NC(=O)OC(C)(C)C. The van der Waals surface area contributed by atoms with Crippen molar-refractivity contribution in [1.82, 2.24) is 4.98 Å². The smallest absolute Gasteiger partial charge is 0.412 e. The molecule has 0 fully saturated rings. The molecule has 1 atom stereocenters. The van der Waals surface area contributed by atoms with E-state index in [4.69, 9.17) is 4.74 Å². The summed E-state index contributed by atoms with van der Waals surface area (Å²) >= 11 is 0. The number of hydrogen-bond acceptors (Lipinski definition) is 3. The summed E-state index contributed by atoms with van der Waals surface area (Å²) in [5.74, 6) is 0.202. The van der Waals surface area contributed by atoms with Gasteiger partial charge in [0.1, 0.15) is 5.60 Å². The predicted molar refractivity (Wildman–Crippen MR) is 102 cm³/mol. The number of aromatic nitrogens is 1. The van der Waals surface area contributed by atoms with Crippen LogP contribution in [-0.2, 0) is 11.2 Å². The van der Waals surface area contributed by atoms with Gasteiger partial charge in [-0.2, -0.15) is 0 Å². The van der Waals surface area contributed by atoms with Gasteiger partial charge in [0.25, 0.3) is 0 Å². The Balaban J connectivity index is 2.23. The number of allylic oxidation sites excluding steroid dienone is 1. The van der Waals surface area contributed by atoms with E-state index in [-0.39, 0.29) is 5.92 Å². The molecule has 1 amide bonds. The molecule has 0 bridgehead atoms. The van der Waals surface area contributed by atoms with E-state index in [9.17, 15) is 4.79 Å². The Labute approximate surface area is 149 Å². The van der Waals surface area contributed by atoms with Gasteiger partial charge in [0.2, 0.25) is 0 Å². The number of carbonyl (C=O) groups excluding carboxylic acids is 1. The second-order valence-corrected chi connectivity index (χ2v) is 7.00. The number of pyridine rings is 1. The molecule has 4 nitrogen and oxygen atoms in total. The minimum atomic E-state index is -0.545. The summed E-state index contributed by atoms with van der Waals surface area (Å²) in [5.41, 5.74) is 2.41. The number of nitrogens with zero attached hydrogens (tertiary/aromatic N) is 1. The first-order chi connectivity index (χ1) is 11.9. The van der Waals surface area contributed by atoms with Crippen LogP contribution in [0.2, 0.25) is 0 Å². The van der Waals surface area contributed by atoms with Crippen LogP contribution in [0.3, 0.4) is 0 Å². The van der Waals surface area contributed by atoms with Crippen LogP contribution >= 0.6 is 0 Å². The number of carbonyl (C=O) groups is 1. The summed E-state index contributed by atoms with van der Waals surface area (Å²) in [6.07, 6.45) is 6.52. The maximum atomic E-state index is 12.1. The zero-order valence-corrected chi connectivity index (χ0v) is 15.2. The molecule has 0 radical (unpaired) electrons. The van der Waals surface area contributed by atoms with E-state index < -0.39 is 11.7 Å². The summed E-state index contributed by atoms with van der Waals surface area (Å²) in [6, 6.07) is 12.2. The largest absolute Gasteiger partial charge is 0.444 e. The molecular weight excluding hydrogens is 312 g/mol. The minimum Gasteiger partial charge on any atom is -0.444 e. The van der Waals surface area contributed by atoms with E-state index in [0.29, 0.717) is 5.69 Å². The van der Waals surface area contributed by atoms with Gasteiger partial charge < -0.3 is 4.74 Å². The van der Waals surface area contributed by atoms with Crippen LogP contribution in [0.5, 0.6) is 0 Å². The number of benzene rings is 1. The highest BCUT2D eigenvalue weighted by molar-refractivity contribution is 5.85. The predicted octanol–water partition coefficient (Wildman–Crippen LogP) is 5.33. The molecule has 0 saturated carbocycles. The van der Waals surface area contributed by atoms with Crippen molar-refractivity contribution in [2.24, 2.45) is 0 Å². The third-order valence-corrected chi connectivity index (χ3v) is 3.71. The van der Waals surface area contributed by atoms with Gasteiger partial charge in [-0.05, 0) is 56.7 Å². The second-order valence-electron chi connectivity index (χ2n) is 7.00. The topological polar surface area (TPSA) is 51.2 Å². The van der Waals surface area contributed by atoms with E-state index in [1.807, 2.05) is 51.1 Å². The molecule has 0 aliphatic carbocycles. The van der Waals surface area contributed by atoms with Crippen LogP contribution in [-0.4, -0.2) is 16.7 Å². The molecule has 0 aliphatic heterocycles. The molecule has 1 unspecified atom stereocenters. The zero-order valence-electron chi connectivity index (χ0n) is 15.2. The second kappa shape index (κ2) is 8.47. The van der Waals surface area contributed by atoms with Gasteiger partial charge in [-0.15, -0.1) is 6.58 Å². The Kier molecular flexibility index (Phi) is 6.34. The first-order valence-electron chi connectivity index (χ1n) is 8.48. The maximum absolute atomic E-state index is 12.1. The summed E-state index contributed by atoms with van der Waals surface area (Å²) in [7, 11) is 0. The lowest BCUT2D eigenvalue weighted by atomic mass is 9.89. The number of hydrogen-bond donors (Lipinski definition) is 1. The lowest BCUT2D eigenvalue weighted by Crippen LogP contribution is -2.27. The molecule has 132 valence electrons. The molecule has 25 heavy (non-hydrogen) atoms. The monoisotopic (exact) mass is 338 g/mol. The number of amides is 1. The van der Waals surface area contributed by atoms with Gasteiger partial charge in [0, 0.05) is 6.20 Å². The first-order valence-corrected chi connectivity index (χ1v) is 8.48. The third-order valence-electron chi connectivity index (χ3n) is 3.71. The Morgan fingerprint density at radius 2 is 2.00 bits per heavy atom. The first kappa shape index (κ1) is 18.7. The van der Waals surface area contributed by atoms with Gasteiger partial charge in [-0.3, -0.25) is 10.3 Å². The Morgan fingerprint density at radius 3 is 2.64 bits per heavy atom. The van der Waals surface area contributed by atoms with E-state index in [0.717, 1.165) is 18.4 Å². The number of anilines is 1. The van der Waals surface area contributed by atoms with Crippen molar-refractivity contribution >= 4 is 11.8 Å². The molecule has 0 aliphatic rings. The highest BCUT2D eigenvalue weighted by Gasteiger charge is 2.20. The Bertz CT molecular complexity index is 705. The summed E-state index contributed by atoms with van der Waals surface area (Å²) in [5, 5.41) is 2.83. The normalized spacial score (nSPS) is 12.3. The van der Waals surface area contributed by atoms with Crippen molar-refractivity contribution in [2.75, 3.05) is 5.32 Å². The van der Waals surface area contributed by atoms with Crippen LogP contribution in [0.25, 0.3) is 0 Å². The van der Waals surface area contributed by atoms with E-state index in [1.54, 1.807) is 12.4 Å². The molecule has 1 N–H and O–H groups in total. The third kappa shape index (κ3) is 6.07. The summed E-state index contributed by atoms with van der Waals surface area (Å²) < 4.78 is 5.36. The van der Waals surface area contributed by atoms with Crippen LogP contribution in [0.15, 0.2) is 61.4 Å². The van der Waals surface area contributed by atoms with Gasteiger partial charge in [0.15, 0.2) is 0 Å². The summed E-state index contributed by atoms with van der Waals surface area (Å²) in [6.45, 7) is 9.40. The molecule has 1 heterocycles. The van der Waals surface area contributed by atoms with Gasteiger partial charge in [0.05, 0.1) is 11.9 Å². The highest BCUT2D eigenvalue weighted by atomic mass is 16.6. The molecule has 1 aromatic carbocycles. The van der Waals surface area contributed by atoms with E-state index in [1.165, 1.54) is 5.56 Å². The molecular formula is C21H26N2O2. The van der Waals surface area contributed by atoms with Crippen molar-refractivity contribution in [3.05, 3.63) is 72.6 Å². The highest BCUT2D eigenvalue weighted by Crippen LogP contribution is 2.30. The maximum Gasteiger partial charge on any atom is 0.412 e. The Hall–Kier alpha value is -2.62. The van der Waals surface area contributed by atoms with Crippen LogP contribution in [0.1, 0.15) is 44.2 Å². The zero-order chi connectivity index (χ0) is 18.3. The fourth-order valence-electron chi connectivity index (χ4n) is 2.70. The van der Waals surface area contributed by atoms with Crippen molar-refractivity contribution in [2.45, 2.75) is 45.1 Å². The van der Waals surface area contributed by atoms with E-state index in [2.05, 4.69) is 29.0 Å². The molecule has 2 rings (SSSR count). The van der Waals surface area contributed by atoms with Gasteiger partial charge in [-0.1, -0.05) is 36.4 Å². The van der Waals surface area contributed by atoms with E-state index >= 15 is 0 Å². The molecule has 1 aromatic heterocycles. The molecule has 0 spiro atoms. The van der Waals surface area contributed by atoms with Crippen LogP contribution < -0.4 is 5.32 Å². The summed E-state index contributed by atoms with van der Waals surface area (Å²) in [4.78, 5) is 16.3.